The zero-order valence-electron chi connectivity index (χ0n) is 10.5. The van der Waals surface area contributed by atoms with Gasteiger partial charge in [0.05, 0.1) is 13.1 Å². The van der Waals surface area contributed by atoms with Crippen molar-refractivity contribution in [1.29, 1.82) is 0 Å². The lowest BCUT2D eigenvalue weighted by molar-refractivity contribution is -0.121. The normalized spacial score (nSPS) is 11.6. The summed E-state index contributed by atoms with van der Waals surface area (Å²) in [5, 5.41) is 5.09. The molecular weight excluding hydrogens is 238 g/mol. The predicted octanol–water partition coefficient (Wildman–Crippen LogP) is 1.89. The second-order valence-corrected chi connectivity index (χ2v) is 4.40. The third-order valence-electron chi connectivity index (χ3n) is 2.28. The first-order valence-electron chi connectivity index (χ1n) is 5.85. The van der Waals surface area contributed by atoms with Crippen LogP contribution >= 0.6 is 0 Å². The molecule has 0 heterocycles. The van der Waals surface area contributed by atoms with Gasteiger partial charge in [0.15, 0.2) is 0 Å². The Kier molecular flexibility index (Phi) is 5.22. The maximum atomic E-state index is 13.7. The second-order valence-electron chi connectivity index (χ2n) is 4.40. The minimum Gasteiger partial charge on any atom is -0.353 e. The summed E-state index contributed by atoms with van der Waals surface area (Å²) in [7, 11) is 0. The van der Waals surface area contributed by atoms with E-state index < -0.39 is 12.5 Å². The molecule has 3 nitrogen and oxygen atoms in total. The predicted molar refractivity (Wildman–Crippen MR) is 66.5 cm³/mol. The number of rotatable bonds is 6. The quantitative estimate of drug-likeness (QED) is 0.816. The molecule has 2 N–H and O–H groups in total. The van der Waals surface area contributed by atoms with E-state index in [1.807, 2.05) is 13.8 Å². The third-order valence-corrected chi connectivity index (χ3v) is 2.28. The first-order chi connectivity index (χ1) is 8.42. The number of hydrogen-bond acceptors (Lipinski definition) is 2. The summed E-state index contributed by atoms with van der Waals surface area (Å²) in [6.07, 6.45) is 0. The molecule has 0 radical (unpaired) electrons. The van der Waals surface area contributed by atoms with E-state index in [1.54, 1.807) is 18.2 Å². The van der Waals surface area contributed by atoms with E-state index in [2.05, 4.69) is 10.6 Å². The summed E-state index contributed by atoms with van der Waals surface area (Å²) in [6.45, 7) is 2.97. The first kappa shape index (κ1) is 14.6. The lowest BCUT2D eigenvalue weighted by Crippen LogP contribution is -2.41. The van der Waals surface area contributed by atoms with Crippen molar-refractivity contribution >= 4 is 5.91 Å². The molecule has 0 saturated carbocycles. The molecule has 1 rings (SSSR count). The summed E-state index contributed by atoms with van der Waals surface area (Å²) >= 11 is 0. The highest BCUT2D eigenvalue weighted by molar-refractivity contribution is 5.78. The number of hydrogen-bond donors (Lipinski definition) is 2. The summed E-state index contributed by atoms with van der Waals surface area (Å²) in [6, 6.07) is 7.56. The van der Waals surface area contributed by atoms with Gasteiger partial charge in [0.2, 0.25) is 5.91 Å². The van der Waals surface area contributed by atoms with Crippen molar-refractivity contribution in [3.05, 3.63) is 35.9 Å². The molecule has 0 aliphatic heterocycles. The number of carbonyl (C=O) groups is 1. The van der Waals surface area contributed by atoms with Crippen molar-refractivity contribution in [2.24, 2.45) is 0 Å². The molecule has 100 valence electrons. The second kappa shape index (κ2) is 6.44. The van der Waals surface area contributed by atoms with Crippen LogP contribution in [0.5, 0.6) is 0 Å². The van der Waals surface area contributed by atoms with Gasteiger partial charge in [-0.1, -0.05) is 30.3 Å². The van der Waals surface area contributed by atoms with Crippen LogP contribution in [0.15, 0.2) is 30.3 Å². The van der Waals surface area contributed by atoms with Crippen LogP contribution in [0.3, 0.4) is 0 Å². The fourth-order valence-corrected chi connectivity index (χ4v) is 1.49. The average molecular weight is 256 g/mol. The number of amides is 1. The Hall–Kier alpha value is -1.49. The monoisotopic (exact) mass is 256 g/mol. The Labute approximate surface area is 106 Å². The third kappa shape index (κ3) is 4.79. The molecular formula is C13H18F2N2O. The van der Waals surface area contributed by atoms with Gasteiger partial charge in [-0.25, -0.2) is 0 Å². The Morgan fingerprint density at radius 3 is 2.44 bits per heavy atom. The number of halogens is 2. The molecule has 1 amide bonds. The molecule has 1 aromatic rings. The summed E-state index contributed by atoms with van der Waals surface area (Å²) < 4.78 is 27.3. The lowest BCUT2D eigenvalue weighted by atomic mass is 10.1. The molecule has 0 aromatic heterocycles. The van der Waals surface area contributed by atoms with Crippen LogP contribution in [0.2, 0.25) is 0 Å². The van der Waals surface area contributed by atoms with Gasteiger partial charge in [0.25, 0.3) is 5.92 Å². The van der Waals surface area contributed by atoms with Crippen LogP contribution in [0.4, 0.5) is 8.78 Å². The summed E-state index contributed by atoms with van der Waals surface area (Å²) in [5.41, 5.74) is -0.0539. The van der Waals surface area contributed by atoms with Gasteiger partial charge in [0.1, 0.15) is 0 Å². The van der Waals surface area contributed by atoms with Gasteiger partial charge in [-0.2, -0.15) is 8.78 Å². The molecule has 0 bridgehead atoms. The molecule has 0 unspecified atom stereocenters. The summed E-state index contributed by atoms with van der Waals surface area (Å²) in [5.74, 6) is -3.26. The van der Waals surface area contributed by atoms with Crippen LogP contribution in [0.1, 0.15) is 19.4 Å². The van der Waals surface area contributed by atoms with Crippen LogP contribution < -0.4 is 10.6 Å². The van der Waals surface area contributed by atoms with Crippen LogP contribution in [0.25, 0.3) is 0 Å². The number of carbonyl (C=O) groups excluding carboxylic acids is 1. The molecule has 0 aliphatic carbocycles. The van der Waals surface area contributed by atoms with E-state index in [9.17, 15) is 13.6 Å². The fourth-order valence-electron chi connectivity index (χ4n) is 1.49. The SMILES string of the molecule is CC(C)NC(=O)CNCC(F)(F)c1ccccc1. The van der Waals surface area contributed by atoms with Gasteiger partial charge in [-0.05, 0) is 13.8 Å². The van der Waals surface area contributed by atoms with Crippen molar-refractivity contribution in [2.45, 2.75) is 25.8 Å². The zero-order chi connectivity index (χ0) is 13.6. The average Bonchev–Trinajstić information content (AvgIpc) is 2.29. The van der Waals surface area contributed by atoms with E-state index in [0.717, 1.165) is 0 Å². The number of nitrogens with one attached hydrogen (secondary N) is 2. The van der Waals surface area contributed by atoms with Crippen molar-refractivity contribution < 1.29 is 13.6 Å². The molecule has 18 heavy (non-hydrogen) atoms. The Morgan fingerprint density at radius 1 is 1.28 bits per heavy atom. The van der Waals surface area contributed by atoms with E-state index in [4.69, 9.17) is 0 Å². The zero-order valence-corrected chi connectivity index (χ0v) is 10.5. The Bertz CT molecular complexity index is 380. The van der Waals surface area contributed by atoms with E-state index in [0.29, 0.717) is 0 Å². The molecule has 5 heteroatoms. The first-order valence-corrected chi connectivity index (χ1v) is 5.85. The molecule has 0 spiro atoms. The molecule has 0 aliphatic rings. The van der Waals surface area contributed by atoms with Crippen molar-refractivity contribution in [1.82, 2.24) is 10.6 Å². The van der Waals surface area contributed by atoms with Crippen LogP contribution in [-0.2, 0) is 10.7 Å². The standard InChI is InChI=1S/C13H18F2N2O/c1-10(2)17-12(18)8-16-9-13(14,15)11-6-4-3-5-7-11/h3-7,10,16H,8-9H2,1-2H3,(H,17,18). The molecule has 0 atom stereocenters. The molecule has 1 aromatic carbocycles. The van der Waals surface area contributed by atoms with Gasteiger partial charge in [0, 0.05) is 11.6 Å². The van der Waals surface area contributed by atoms with Gasteiger partial charge < -0.3 is 10.6 Å². The van der Waals surface area contributed by atoms with Gasteiger partial charge in [-0.15, -0.1) is 0 Å². The fraction of sp³-hybridized carbons (Fsp3) is 0.462. The largest absolute Gasteiger partial charge is 0.353 e. The van der Waals surface area contributed by atoms with Gasteiger partial charge >= 0.3 is 0 Å². The molecule has 0 saturated heterocycles. The minimum atomic E-state index is -2.97. The highest BCUT2D eigenvalue weighted by atomic mass is 19.3. The van der Waals surface area contributed by atoms with Crippen molar-refractivity contribution in [3.63, 3.8) is 0 Å². The lowest BCUT2D eigenvalue weighted by Gasteiger charge is -2.17. The van der Waals surface area contributed by atoms with Crippen molar-refractivity contribution in [3.8, 4) is 0 Å². The van der Waals surface area contributed by atoms with Crippen LogP contribution in [-0.4, -0.2) is 25.0 Å². The highest BCUT2D eigenvalue weighted by Crippen LogP contribution is 2.26. The molecule has 0 fully saturated rings. The number of alkyl halides is 2. The van der Waals surface area contributed by atoms with E-state index in [1.165, 1.54) is 12.1 Å². The smallest absolute Gasteiger partial charge is 0.285 e. The highest BCUT2D eigenvalue weighted by Gasteiger charge is 2.30. The van der Waals surface area contributed by atoms with Crippen molar-refractivity contribution in [2.75, 3.05) is 13.1 Å². The summed E-state index contributed by atoms with van der Waals surface area (Å²) in [4.78, 5) is 11.3. The number of benzene rings is 1. The topological polar surface area (TPSA) is 41.1 Å². The minimum absolute atomic E-state index is 0.00827. The Morgan fingerprint density at radius 2 is 1.89 bits per heavy atom. The van der Waals surface area contributed by atoms with E-state index in [-0.39, 0.29) is 24.1 Å². The maximum absolute atomic E-state index is 13.7. The van der Waals surface area contributed by atoms with Crippen LogP contribution in [0, 0.1) is 0 Å². The van der Waals surface area contributed by atoms with Gasteiger partial charge in [-0.3, -0.25) is 4.79 Å². The van der Waals surface area contributed by atoms with E-state index >= 15 is 0 Å². The Balaban J connectivity index is 2.41. The maximum Gasteiger partial charge on any atom is 0.285 e.